The summed E-state index contributed by atoms with van der Waals surface area (Å²) in [6.07, 6.45) is 0.0271. The maximum atomic E-state index is 12.1. The summed E-state index contributed by atoms with van der Waals surface area (Å²) in [6, 6.07) is 8.76. The van der Waals surface area contributed by atoms with Crippen LogP contribution in [0.3, 0.4) is 0 Å². The zero-order valence-electron chi connectivity index (χ0n) is 12.1. The van der Waals surface area contributed by atoms with Crippen LogP contribution in [-0.2, 0) is 14.3 Å². The fraction of sp³-hybridized carbons (Fsp3) is 0.438. The molecule has 0 aliphatic heterocycles. The third kappa shape index (κ3) is 4.30. The van der Waals surface area contributed by atoms with Crippen molar-refractivity contribution in [1.29, 1.82) is 0 Å². The van der Waals surface area contributed by atoms with Crippen LogP contribution in [0.15, 0.2) is 30.3 Å². The number of Topliss-reactive ketones (excluding diaryl/α,β-unsaturated/α-hetero) is 2. The fourth-order valence-corrected chi connectivity index (χ4v) is 1.93. The Hall–Kier alpha value is -1.97. The van der Waals surface area contributed by atoms with E-state index in [9.17, 15) is 14.4 Å². The molecule has 1 atom stereocenters. The molecule has 0 fully saturated rings. The SMILES string of the molecule is CCOC(=O)C(=O)C(CC(=O)c1ccccc1)C(C)C. The van der Waals surface area contributed by atoms with Crippen molar-refractivity contribution in [2.24, 2.45) is 11.8 Å². The number of hydrogen-bond acceptors (Lipinski definition) is 4. The van der Waals surface area contributed by atoms with Crippen molar-refractivity contribution in [3.63, 3.8) is 0 Å². The fourth-order valence-electron chi connectivity index (χ4n) is 1.93. The van der Waals surface area contributed by atoms with E-state index in [1.54, 1.807) is 31.2 Å². The van der Waals surface area contributed by atoms with Gasteiger partial charge in [0.1, 0.15) is 0 Å². The highest BCUT2D eigenvalue weighted by atomic mass is 16.5. The smallest absolute Gasteiger partial charge is 0.374 e. The summed E-state index contributed by atoms with van der Waals surface area (Å²) in [5.74, 6) is -2.35. The highest BCUT2D eigenvalue weighted by Crippen LogP contribution is 2.20. The zero-order valence-corrected chi connectivity index (χ0v) is 12.1. The maximum absolute atomic E-state index is 12.1. The van der Waals surface area contributed by atoms with Gasteiger partial charge in [-0.05, 0) is 12.8 Å². The van der Waals surface area contributed by atoms with E-state index in [0.717, 1.165) is 0 Å². The van der Waals surface area contributed by atoms with E-state index in [-0.39, 0.29) is 24.7 Å². The summed E-state index contributed by atoms with van der Waals surface area (Å²) >= 11 is 0. The molecule has 0 aliphatic rings. The van der Waals surface area contributed by atoms with Gasteiger partial charge in [0.2, 0.25) is 5.78 Å². The van der Waals surface area contributed by atoms with Gasteiger partial charge in [0.15, 0.2) is 5.78 Å². The lowest BCUT2D eigenvalue weighted by Gasteiger charge is -2.17. The van der Waals surface area contributed by atoms with Crippen LogP contribution in [0.2, 0.25) is 0 Å². The van der Waals surface area contributed by atoms with Crippen molar-refractivity contribution >= 4 is 17.5 Å². The molecule has 20 heavy (non-hydrogen) atoms. The molecule has 0 heterocycles. The second-order valence-corrected chi connectivity index (χ2v) is 4.93. The second kappa shape index (κ2) is 7.58. The summed E-state index contributed by atoms with van der Waals surface area (Å²) < 4.78 is 4.72. The summed E-state index contributed by atoms with van der Waals surface area (Å²) in [6.45, 7) is 5.44. The van der Waals surface area contributed by atoms with Crippen molar-refractivity contribution in [3.05, 3.63) is 35.9 Å². The summed E-state index contributed by atoms with van der Waals surface area (Å²) in [7, 11) is 0. The van der Waals surface area contributed by atoms with Crippen LogP contribution in [-0.4, -0.2) is 24.1 Å². The van der Waals surface area contributed by atoms with Crippen molar-refractivity contribution in [2.45, 2.75) is 27.2 Å². The Bertz CT molecular complexity index is 477. The van der Waals surface area contributed by atoms with Gasteiger partial charge >= 0.3 is 5.97 Å². The minimum absolute atomic E-state index is 0.0271. The highest BCUT2D eigenvalue weighted by molar-refractivity contribution is 6.35. The first-order valence-electron chi connectivity index (χ1n) is 6.76. The average molecular weight is 276 g/mol. The number of hydrogen-bond donors (Lipinski definition) is 0. The van der Waals surface area contributed by atoms with E-state index in [1.807, 2.05) is 19.9 Å². The van der Waals surface area contributed by atoms with Crippen LogP contribution < -0.4 is 0 Å². The molecule has 0 bridgehead atoms. The van der Waals surface area contributed by atoms with Gasteiger partial charge in [-0.1, -0.05) is 44.2 Å². The third-order valence-corrected chi connectivity index (χ3v) is 3.12. The first kappa shape index (κ1) is 16.1. The second-order valence-electron chi connectivity index (χ2n) is 4.93. The lowest BCUT2D eigenvalue weighted by Crippen LogP contribution is -2.31. The maximum Gasteiger partial charge on any atom is 0.374 e. The first-order valence-corrected chi connectivity index (χ1v) is 6.76. The van der Waals surface area contributed by atoms with E-state index in [2.05, 4.69) is 0 Å². The predicted molar refractivity (Wildman–Crippen MR) is 75.4 cm³/mol. The number of rotatable bonds is 7. The molecular weight excluding hydrogens is 256 g/mol. The number of ketones is 2. The van der Waals surface area contributed by atoms with E-state index in [0.29, 0.717) is 5.56 Å². The molecule has 0 N–H and O–H groups in total. The molecule has 4 heteroatoms. The van der Waals surface area contributed by atoms with Gasteiger partial charge in [0.05, 0.1) is 6.61 Å². The molecule has 0 saturated carbocycles. The van der Waals surface area contributed by atoms with E-state index >= 15 is 0 Å². The third-order valence-electron chi connectivity index (χ3n) is 3.12. The van der Waals surface area contributed by atoms with Gasteiger partial charge in [-0.2, -0.15) is 0 Å². The van der Waals surface area contributed by atoms with Gasteiger partial charge in [0.25, 0.3) is 0 Å². The monoisotopic (exact) mass is 276 g/mol. The van der Waals surface area contributed by atoms with Crippen molar-refractivity contribution in [2.75, 3.05) is 6.61 Å². The van der Waals surface area contributed by atoms with Crippen molar-refractivity contribution < 1.29 is 19.1 Å². The lowest BCUT2D eigenvalue weighted by atomic mass is 9.85. The van der Waals surface area contributed by atoms with Gasteiger partial charge < -0.3 is 4.74 Å². The molecule has 1 rings (SSSR count). The minimum atomic E-state index is -0.855. The zero-order chi connectivity index (χ0) is 15.1. The van der Waals surface area contributed by atoms with Crippen LogP contribution in [0, 0.1) is 11.8 Å². The van der Waals surface area contributed by atoms with Crippen LogP contribution in [0.4, 0.5) is 0 Å². The number of esters is 1. The molecule has 0 amide bonds. The van der Waals surface area contributed by atoms with E-state index in [4.69, 9.17) is 4.74 Å². The molecular formula is C16H20O4. The first-order chi connectivity index (χ1) is 9.47. The number of carbonyl (C=O) groups is 3. The Kier molecular flexibility index (Phi) is 6.10. The van der Waals surface area contributed by atoms with Gasteiger partial charge in [-0.25, -0.2) is 4.79 Å². The highest BCUT2D eigenvalue weighted by Gasteiger charge is 2.31. The molecule has 0 radical (unpaired) electrons. The van der Waals surface area contributed by atoms with Crippen molar-refractivity contribution in [1.82, 2.24) is 0 Å². The number of benzene rings is 1. The number of ether oxygens (including phenoxy) is 1. The largest absolute Gasteiger partial charge is 0.460 e. The summed E-state index contributed by atoms with van der Waals surface area (Å²) in [5.41, 5.74) is 0.551. The Morgan fingerprint density at radius 2 is 1.70 bits per heavy atom. The Morgan fingerprint density at radius 3 is 2.20 bits per heavy atom. The Balaban J connectivity index is 2.80. The van der Waals surface area contributed by atoms with Crippen LogP contribution in [0.25, 0.3) is 0 Å². The van der Waals surface area contributed by atoms with Crippen LogP contribution in [0.5, 0.6) is 0 Å². The van der Waals surface area contributed by atoms with Gasteiger partial charge in [0, 0.05) is 17.9 Å². The molecule has 1 aromatic rings. The molecule has 0 spiro atoms. The Labute approximate surface area is 119 Å². The minimum Gasteiger partial charge on any atom is -0.460 e. The molecule has 4 nitrogen and oxygen atoms in total. The molecule has 0 aliphatic carbocycles. The summed E-state index contributed by atoms with van der Waals surface area (Å²) in [5, 5.41) is 0. The average Bonchev–Trinajstić information content (AvgIpc) is 2.44. The summed E-state index contributed by atoms with van der Waals surface area (Å²) in [4.78, 5) is 35.7. The quantitative estimate of drug-likeness (QED) is 0.436. The predicted octanol–water partition coefficient (Wildman–Crippen LogP) is 2.66. The van der Waals surface area contributed by atoms with E-state index in [1.165, 1.54) is 0 Å². The molecule has 108 valence electrons. The topological polar surface area (TPSA) is 60.4 Å². The molecule has 1 aromatic carbocycles. The van der Waals surface area contributed by atoms with Crippen molar-refractivity contribution in [3.8, 4) is 0 Å². The van der Waals surface area contributed by atoms with Gasteiger partial charge in [-0.3, -0.25) is 9.59 Å². The lowest BCUT2D eigenvalue weighted by molar-refractivity contribution is -0.155. The Morgan fingerprint density at radius 1 is 1.10 bits per heavy atom. The van der Waals surface area contributed by atoms with E-state index < -0.39 is 17.7 Å². The normalized spacial score (nSPS) is 12.0. The standard InChI is InChI=1S/C16H20O4/c1-4-20-16(19)15(18)13(11(2)3)10-14(17)12-8-6-5-7-9-12/h5-9,11,13H,4,10H2,1-3H3. The molecule has 1 unspecified atom stereocenters. The number of carbonyl (C=O) groups excluding carboxylic acids is 3. The molecule has 0 saturated heterocycles. The molecule has 0 aromatic heterocycles. The van der Waals surface area contributed by atoms with Gasteiger partial charge in [-0.15, -0.1) is 0 Å². The van der Waals surface area contributed by atoms with Crippen LogP contribution in [0.1, 0.15) is 37.6 Å². The van der Waals surface area contributed by atoms with Crippen LogP contribution >= 0.6 is 0 Å².